The van der Waals surface area contributed by atoms with E-state index in [1.54, 1.807) is 0 Å². The molecule has 1 fully saturated rings. The lowest BCUT2D eigenvalue weighted by Gasteiger charge is -2.30. The lowest BCUT2D eigenvalue weighted by Crippen LogP contribution is -2.42. The summed E-state index contributed by atoms with van der Waals surface area (Å²) in [6.45, 7) is 3.30. The van der Waals surface area contributed by atoms with Crippen LogP contribution in [-0.4, -0.2) is 24.0 Å². The fourth-order valence-corrected chi connectivity index (χ4v) is 2.46. The molecular weight excluding hydrogens is 244 g/mol. The van der Waals surface area contributed by atoms with Gasteiger partial charge in [-0.2, -0.15) is 0 Å². The van der Waals surface area contributed by atoms with Crippen molar-refractivity contribution in [3.05, 3.63) is 72.3 Å². The Kier molecular flexibility index (Phi) is 6.28. The van der Waals surface area contributed by atoms with Crippen LogP contribution in [0.15, 0.2) is 66.7 Å². The van der Waals surface area contributed by atoms with Gasteiger partial charge in [0.15, 0.2) is 0 Å². The minimum absolute atomic E-state index is 0.382. The lowest BCUT2D eigenvalue weighted by atomic mass is 10.1. The average Bonchev–Trinajstić information content (AvgIpc) is 2.51. The number of hydrogen-bond donors (Lipinski definition) is 1. The Hall–Kier alpha value is -1.64. The van der Waals surface area contributed by atoms with Gasteiger partial charge in [0.05, 0.1) is 0 Å². The van der Waals surface area contributed by atoms with Crippen LogP contribution in [0.25, 0.3) is 0 Å². The topological polar surface area (TPSA) is 29.3 Å². The van der Waals surface area contributed by atoms with Gasteiger partial charge in [-0.1, -0.05) is 66.7 Å². The van der Waals surface area contributed by atoms with Crippen LogP contribution in [0.2, 0.25) is 0 Å². The van der Waals surface area contributed by atoms with Crippen LogP contribution in [0.5, 0.6) is 0 Å². The largest absolute Gasteiger partial charge is 0.327 e. The van der Waals surface area contributed by atoms with Gasteiger partial charge < -0.3 is 5.73 Å². The molecule has 2 aromatic rings. The molecule has 1 saturated heterocycles. The van der Waals surface area contributed by atoms with E-state index >= 15 is 0 Å². The van der Waals surface area contributed by atoms with E-state index in [-0.39, 0.29) is 0 Å². The molecule has 0 bridgehead atoms. The van der Waals surface area contributed by atoms with Crippen LogP contribution in [-0.2, 0) is 6.54 Å². The Morgan fingerprint density at radius 2 is 1.45 bits per heavy atom. The zero-order chi connectivity index (χ0) is 14.0. The predicted octanol–water partition coefficient (Wildman–Crippen LogP) is 3.30. The number of rotatable bonds is 2. The van der Waals surface area contributed by atoms with Gasteiger partial charge in [-0.05, 0) is 24.9 Å². The van der Waals surface area contributed by atoms with E-state index in [1.807, 2.05) is 36.4 Å². The first-order valence-corrected chi connectivity index (χ1v) is 7.36. The summed E-state index contributed by atoms with van der Waals surface area (Å²) in [5, 5.41) is 0. The molecule has 20 heavy (non-hydrogen) atoms. The second-order valence-corrected chi connectivity index (χ2v) is 5.28. The van der Waals surface area contributed by atoms with Crippen molar-refractivity contribution in [2.45, 2.75) is 25.4 Å². The Morgan fingerprint density at radius 1 is 0.900 bits per heavy atom. The molecule has 1 atom stereocenters. The second kappa shape index (κ2) is 8.51. The molecule has 0 amide bonds. The summed E-state index contributed by atoms with van der Waals surface area (Å²) in [6.07, 6.45) is 2.43. The third kappa shape index (κ3) is 5.55. The first kappa shape index (κ1) is 14.8. The van der Waals surface area contributed by atoms with Gasteiger partial charge in [0.25, 0.3) is 0 Å². The molecule has 0 saturated carbocycles. The first-order chi connectivity index (χ1) is 9.84. The summed E-state index contributed by atoms with van der Waals surface area (Å²) in [7, 11) is 0. The third-order valence-corrected chi connectivity index (χ3v) is 3.46. The zero-order valence-electron chi connectivity index (χ0n) is 12.0. The maximum Gasteiger partial charge on any atom is 0.0234 e. The molecule has 2 nitrogen and oxygen atoms in total. The van der Waals surface area contributed by atoms with Gasteiger partial charge in [0.1, 0.15) is 0 Å². The number of nitrogens with two attached hydrogens (primary N) is 1. The van der Waals surface area contributed by atoms with Crippen molar-refractivity contribution in [1.29, 1.82) is 0 Å². The number of likely N-dealkylation sites (tertiary alicyclic amines) is 1. The zero-order valence-corrected chi connectivity index (χ0v) is 12.0. The van der Waals surface area contributed by atoms with E-state index in [2.05, 4.69) is 35.2 Å². The number of piperidine rings is 1. The van der Waals surface area contributed by atoms with Crippen molar-refractivity contribution >= 4 is 0 Å². The Balaban J connectivity index is 0.000000205. The van der Waals surface area contributed by atoms with Crippen molar-refractivity contribution < 1.29 is 0 Å². The normalized spacial score (nSPS) is 18.9. The van der Waals surface area contributed by atoms with Crippen molar-refractivity contribution in [2.75, 3.05) is 13.1 Å². The smallest absolute Gasteiger partial charge is 0.0234 e. The van der Waals surface area contributed by atoms with E-state index in [0.29, 0.717) is 6.04 Å². The monoisotopic (exact) mass is 268 g/mol. The maximum absolute atomic E-state index is 5.94. The molecule has 0 radical (unpaired) electrons. The van der Waals surface area contributed by atoms with Crippen LogP contribution < -0.4 is 5.73 Å². The molecule has 0 aromatic heterocycles. The maximum atomic E-state index is 5.94. The first-order valence-electron chi connectivity index (χ1n) is 7.36. The van der Waals surface area contributed by atoms with Gasteiger partial charge in [0, 0.05) is 19.1 Å². The van der Waals surface area contributed by atoms with Crippen molar-refractivity contribution in [3.63, 3.8) is 0 Å². The molecule has 1 heterocycles. The molecule has 1 aliphatic rings. The van der Waals surface area contributed by atoms with Crippen molar-refractivity contribution in [2.24, 2.45) is 5.73 Å². The highest BCUT2D eigenvalue weighted by atomic mass is 15.1. The minimum Gasteiger partial charge on any atom is -0.327 e. The highest BCUT2D eigenvalue weighted by molar-refractivity contribution is 5.14. The molecule has 1 aliphatic heterocycles. The fourth-order valence-electron chi connectivity index (χ4n) is 2.46. The molecule has 2 N–H and O–H groups in total. The van der Waals surface area contributed by atoms with Gasteiger partial charge in [-0.15, -0.1) is 0 Å². The molecule has 0 aliphatic carbocycles. The summed E-state index contributed by atoms with van der Waals surface area (Å²) in [5.41, 5.74) is 7.33. The van der Waals surface area contributed by atoms with E-state index in [4.69, 9.17) is 5.73 Å². The fraction of sp³-hybridized carbons (Fsp3) is 0.333. The summed E-state index contributed by atoms with van der Waals surface area (Å²) < 4.78 is 0. The van der Waals surface area contributed by atoms with Gasteiger partial charge in [-0.25, -0.2) is 0 Å². The van der Waals surface area contributed by atoms with Crippen LogP contribution >= 0.6 is 0 Å². The molecule has 0 spiro atoms. The Bertz CT molecular complexity index is 429. The summed E-state index contributed by atoms with van der Waals surface area (Å²) in [5.74, 6) is 0. The summed E-state index contributed by atoms with van der Waals surface area (Å²) in [4.78, 5) is 2.45. The van der Waals surface area contributed by atoms with Gasteiger partial charge in [0.2, 0.25) is 0 Å². The summed E-state index contributed by atoms with van der Waals surface area (Å²) in [6, 6.07) is 23.0. The lowest BCUT2D eigenvalue weighted by molar-refractivity contribution is 0.201. The number of hydrogen-bond acceptors (Lipinski definition) is 2. The Labute approximate surface area is 122 Å². The third-order valence-electron chi connectivity index (χ3n) is 3.46. The van der Waals surface area contributed by atoms with Gasteiger partial charge >= 0.3 is 0 Å². The molecular formula is C18H24N2. The van der Waals surface area contributed by atoms with E-state index in [9.17, 15) is 0 Å². The standard InChI is InChI=1S/C12H18N2.C6H6/c13-12-7-4-8-14(10-12)9-11-5-2-1-3-6-11;1-2-4-6-5-3-1/h1-3,5-6,12H,4,7-10,13H2;1-6H/t12-;/m1./s1. The number of benzene rings is 2. The van der Waals surface area contributed by atoms with Crippen LogP contribution in [0.1, 0.15) is 18.4 Å². The molecule has 2 heteroatoms. The number of nitrogens with zero attached hydrogens (tertiary/aromatic N) is 1. The van der Waals surface area contributed by atoms with Crippen molar-refractivity contribution in [1.82, 2.24) is 4.90 Å². The minimum atomic E-state index is 0.382. The van der Waals surface area contributed by atoms with E-state index < -0.39 is 0 Å². The average molecular weight is 268 g/mol. The van der Waals surface area contributed by atoms with E-state index in [1.165, 1.54) is 24.9 Å². The molecule has 2 aromatic carbocycles. The SMILES string of the molecule is N[C@@H]1CCCN(Cc2ccccc2)C1.c1ccccc1. The Morgan fingerprint density at radius 3 is 2.00 bits per heavy atom. The van der Waals surface area contributed by atoms with Crippen molar-refractivity contribution in [3.8, 4) is 0 Å². The van der Waals surface area contributed by atoms with Crippen LogP contribution in [0, 0.1) is 0 Å². The molecule has 106 valence electrons. The quantitative estimate of drug-likeness (QED) is 0.905. The predicted molar refractivity (Wildman–Crippen MR) is 85.4 cm³/mol. The highest BCUT2D eigenvalue weighted by Gasteiger charge is 2.15. The van der Waals surface area contributed by atoms with Gasteiger partial charge in [-0.3, -0.25) is 4.90 Å². The van der Waals surface area contributed by atoms with Crippen LogP contribution in [0.4, 0.5) is 0 Å². The van der Waals surface area contributed by atoms with Crippen LogP contribution in [0.3, 0.4) is 0 Å². The summed E-state index contributed by atoms with van der Waals surface area (Å²) >= 11 is 0. The highest BCUT2D eigenvalue weighted by Crippen LogP contribution is 2.11. The van der Waals surface area contributed by atoms with E-state index in [0.717, 1.165) is 13.1 Å². The second-order valence-electron chi connectivity index (χ2n) is 5.28. The molecule has 0 unspecified atom stereocenters. The molecule has 3 rings (SSSR count).